The summed E-state index contributed by atoms with van der Waals surface area (Å²) in [6.07, 6.45) is 3.94. The van der Waals surface area contributed by atoms with Crippen LogP contribution in [0.4, 0.5) is 0 Å². The van der Waals surface area contributed by atoms with Crippen LogP contribution in [0.3, 0.4) is 0 Å². The molecule has 0 saturated heterocycles. The molecule has 2 unspecified atom stereocenters. The first-order valence-corrected chi connectivity index (χ1v) is 10.0. The van der Waals surface area contributed by atoms with E-state index in [4.69, 9.17) is 0 Å². The Morgan fingerprint density at radius 2 is 2.18 bits per heavy atom. The van der Waals surface area contributed by atoms with E-state index in [9.17, 15) is 4.79 Å². The van der Waals surface area contributed by atoms with Gasteiger partial charge in [0.1, 0.15) is 0 Å². The molecule has 2 nitrogen and oxygen atoms in total. The van der Waals surface area contributed by atoms with Crippen LogP contribution in [-0.2, 0) is 11.2 Å². The second kappa shape index (κ2) is 6.95. The van der Waals surface area contributed by atoms with Crippen molar-refractivity contribution in [2.24, 2.45) is 5.92 Å². The van der Waals surface area contributed by atoms with Gasteiger partial charge in [0.05, 0.1) is 0 Å². The zero-order chi connectivity index (χ0) is 15.5. The van der Waals surface area contributed by atoms with Crippen LogP contribution in [0.15, 0.2) is 40.9 Å². The van der Waals surface area contributed by atoms with Gasteiger partial charge in [-0.2, -0.15) is 0 Å². The average molecular weight is 360 g/mol. The van der Waals surface area contributed by atoms with Crippen molar-refractivity contribution in [3.8, 4) is 0 Å². The van der Waals surface area contributed by atoms with E-state index in [0.29, 0.717) is 33.1 Å². The number of Topliss-reactive ketones (excluding diaryl/α,β-unsaturated/α-hetero) is 1. The van der Waals surface area contributed by atoms with Crippen molar-refractivity contribution in [2.45, 2.75) is 31.5 Å². The maximum absolute atomic E-state index is 12.6. The molecule has 0 amide bonds. The van der Waals surface area contributed by atoms with E-state index in [-0.39, 0.29) is 4.82 Å². The van der Waals surface area contributed by atoms with Crippen LogP contribution >= 0.6 is 0 Å². The van der Waals surface area contributed by atoms with Crippen LogP contribution in [0.2, 0.25) is 4.82 Å². The number of allylic oxidation sites excluding steroid dienone is 2. The van der Waals surface area contributed by atoms with Gasteiger partial charge in [0.15, 0.2) is 0 Å². The molecule has 1 aliphatic carbocycles. The van der Waals surface area contributed by atoms with E-state index >= 15 is 0 Å². The Labute approximate surface area is 139 Å². The third-order valence-electron chi connectivity index (χ3n) is 4.55. The van der Waals surface area contributed by atoms with Gasteiger partial charge < -0.3 is 0 Å². The van der Waals surface area contributed by atoms with Gasteiger partial charge in [-0.05, 0) is 0 Å². The molecule has 0 aromatic heterocycles. The molecule has 3 rings (SSSR count). The molecule has 1 N–H and O–H groups in total. The number of carbonyl (C=O) groups excluding carboxylic acids is 1. The van der Waals surface area contributed by atoms with Gasteiger partial charge in [-0.25, -0.2) is 0 Å². The molecule has 1 aromatic carbocycles. The van der Waals surface area contributed by atoms with Gasteiger partial charge in [0.25, 0.3) is 0 Å². The third kappa shape index (κ3) is 2.99. The van der Waals surface area contributed by atoms with Gasteiger partial charge in [0, 0.05) is 0 Å². The van der Waals surface area contributed by atoms with Crippen molar-refractivity contribution in [2.75, 3.05) is 13.1 Å². The normalized spacial score (nSPS) is 25.6. The summed E-state index contributed by atoms with van der Waals surface area (Å²) >= 11 is 0.316. The first-order chi connectivity index (χ1) is 10.7. The van der Waals surface area contributed by atoms with Crippen LogP contribution in [0.5, 0.6) is 0 Å². The van der Waals surface area contributed by atoms with Crippen LogP contribution < -0.4 is 5.32 Å². The summed E-state index contributed by atoms with van der Waals surface area (Å²) in [7, 11) is 0. The molecule has 0 bridgehead atoms. The number of rotatable bonds is 4. The number of nitrogens with one attached hydrogen (secondary N) is 1. The second-order valence-electron chi connectivity index (χ2n) is 6.01. The summed E-state index contributed by atoms with van der Waals surface area (Å²) in [6, 6.07) is 8.49. The van der Waals surface area contributed by atoms with Crippen molar-refractivity contribution in [1.82, 2.24) is 5.32 Å². The van der Waals surface area contributed by atoms with Crippen molar-refractivity contribution < 1.29 is 4.79 Å². The summed E-state index contributed by atoms with van der Waals surface area (Å²) in [6.45, 7) is 6.40. The van der Waals surface area contributed by atoms with Crippen molar-refractivity contribution in [3.63, 3.8) is 0 Å². The molecule has 2 atom stereocenters. The summed E-state index contributed by atoms with van der Waals surface area (Å²) < 4.78 is 0. The average Bonchev–Trinajstić information content (AvgIpc) is 2.95. The fourth-order valence-corrected chi connectivity index (χ4v) is 5.66. The SMILES string of the molecule is CCNCC/C(C)=C1/c2ccccc2CC(=O)C2[Se]C=CC12. The van der Waals surface area contributed by atoms with Gasteiger partial charge in [-0.15, -0.1) is 0 Å². The molecular formula is C19H23NOSe. The van der Waals surface area contributed by atoms with Crippen molar-refractivity contribution in [3.05, 3.63) is 52.0 Å². The zero-order valence-electron chi connectivity index (χ0n) is 13.3. The molecule has 1 aromatic rings. The van der Waals surface area contributed by atoms with E-state index in [2.05, 4.69) is 54.5 Å². The van der Waals surface area contributed by atoms with Crippen LogP contribution in [0.1, 0.15) is 31.4 Å². The molecular weight excluding hydrogens is 337 g/mol. The Morgan fingerprint density at radius 3 is 3.00 bits per heavy atom. The Hall–Kier alpha value is -1.15. The van der Waals surface area contributed by atoms with E-state index in [1.165, 1.54) is 22.3 Å². The molecule has 0 radical (unpaired) electrons. The molecule has 116 valence electrons. The Morgan fingerprint density at radius 1 is 1.36 bits per heavy atom. The molecule has 22 heavy (non-hydrogen) atoms. The molecule has 0 saturated carbocycles. The van der Waals surface area contributed by atoms with Crippen molar-refractivity contribution >= 4 is 26.3 Å². The summed E-state index contributed by atoms with van der Waals surface area (Å²) in [5, 5.41) is 3.41. The first-order valence-electron chi connectivity index (χ1n) is 8.06. The number of fused-ring (bicyclic) bond motifs is 2. The Kier molecular flexibility index (Phi) is 4.97. The number of hydrogen-bond donors (Lipinski definition) is 1. The first kappa shape index (κ1) is 15.7. The molecule has 1 aliphatic heterocycles. The predicted molar refractivity (Wildman–Crippen MR) is 93.0 cm³/mol. The topological polar surface area (TPSA) is 29.1 Å². The summed E-state index contributed by atoms with van der Waals surface area (Å²) in [4.78, 5) is 15.1. The van der Waals surface area contributed by atoms with Gasteiger partial charge in [0.2, 0.25) is 0 Å². The molecule has 0 fully saturated rings. The maximum atomic E-state index is 12.6. The third-order valence-corrected chi connectivity index (χ3v) is 6.99. The van der Waals surface area contributed by atoms with E-state index in [1.807, 2.05) is 0 Å². The van der Waals surface area contributed by atoms with Crippen LogP contribution in [0.25, 0.3) is 5.57 Å². The number of carbonyl (C=O) groups is 1. The van der Waals surface area contributed by atoms with Crippen LogP contribution in [-0.4, -0.2) is 33.8 Å². The monoisotopic (exact) mass is 361 g/mol. The fourth-order valence-electron chi connectivity index (χ4n) is 3.43. The molecule has 0 spiro atoms. The molecule has 2 aliphatic rings. The minimum absolute atomic E-state index is 0.212. The van der Waals surface area contributed by atoms with E-state index < -0.39 is 0 Å². The van der Waals surface area contributed by atoms with Gasteiger partial charge in [-0.1, -0.05) is 0 Å². The van der Waals surface area contributed by atoms with E-state index in [0.717, 1.165) is 19.5 Å². The number of ketones is 1. The second-order valence-corrected chi connectivity index (χ2v) is 8.22. The number of hydrogen-bond acceptors (Lipinski definition) is 2. The standard InChI is InChI=1S/C19H23NOSe/c1-3-20-10-8-13(2)18-15-7-5-4-6-14(15)12-17(21)19-16(18)9-11-22-19/h4-7,9,11,16,19-20H,3,8,10,12H2,1-2H3/b18-13-. The van der Waals surface area contributed by atoms with Crippen LogP contribution in [0, 0.1) is 5.92 Å². The summed E-state index contributed by atoms with van der Waals surface area (Å²) in [5.41, 5.74) is 5.36. The molecule has 1 heterocycles. The fraction of sp³-hybridized carbons (Fsp3) is 0.421. The zero-order valence-corrected chi connectivity index (χ0v) is 15.0. The quantitative estimate of drug-likeness (QED) is 0.660. The van der Waals surface area contributed by atoms with Gasteiger partial charge in [-0.3, -0.25) is 0 Å². The minimum atomic E-state index is 0.212. The van der Waals surface area contributed by atoms with Crippen molar-refractivity contribution in [1.29, 1.82) is 0 Å². The summed E-state index contributed by atoms with van der Waals surface area (Å²) in [5.74, 6) is 0.731. The number of benzene rings is 1. The van der Waals surface area contributed by atoms with E-state index in [1.54, 1.807) is 0 Å². The molecule has 3 heteroatoms. The Bertz CT molecular complexity index is 632. The predicted octanol–water partition coefficient (Wildman–Crippen LogP) is 3.22. The van der Waals surface area contributed by atoms with Gasteiger partial charge >= 0.3 is 139 Å². The Balaban J connectivity index is 2.05.